The highest BCUT2D eigenvalue weighted by Crippen LogP contribution is 1.69. The van der Waals surface area contributed by atoms with Crippen LogP contribution in [0, 0.1) is 6.33 Å². The Bertz CT molecular complexity index is 363. The van der Waals surface area contributed by atoms with Crippen molar-refractivity contribution in [3.8, 4) is 0 Å². The van der Waals surface area contributed by atoms with Gasteiger partial charge in [0.1, 0.15) is 0 Å². The Balaban J connectivity index is 3.28. The highest BCUT2D eigenvalue weighted by Gasteiger charge is 1.96. The van der Waals surface area contributed by atoms with Crippen molar-refractivity contribution in [1.82, 2.24) is 14.8 Å². The van der Waals surface area contributed by atoms with E-state index in [0.29, 0.717) is 0 Å². The average molecular weight is 152 g/mol. The number of hydrogen-bond acceptors (Lipinski definition) is 3. The predicted molar refractivity (Wildman–Crippen MR) is 38.2 cm³/mol. The third-order valence-electron chi connectivity index (χ3n) is 1.07. The van der Waals surface area contributed by atoms with Crippen LogP contribution in [-0.4, -0.2) is 14.8 Å². The summed E-state index contributed by atoms with van der Waals surface area (Å²) in [6.45, 7) is 3.62. The molecule has 5 nitrogen and oxygen atoms in total. The first-order chi connectivity index (χ1) is 5.25. The summed E-state index contributed by atoms with van der Waals surface area (Å²) in [4.78, 5) is 23.5. The van der Waals surface area contributed by atoms with Gasteiger partial charge in [-0.05, 0) is 0 Å². The molecule has 11 heavy (non-hydrogen) atoms. The molecule has 0 aliphatic heterocycles. The fraction of sp³-hybridized carbons (Fsp3) is 0.167. The number of H-pyrrole nitrogens is 1. The van der Waals surface area contributed by atoms with Crippen molar-refractivity contribution < 1.29 is 0 Å². The lowest BCUT2D eigenvalue weighted by atomic mass is 10.6. The number of nitrogens with one attached hydrogen (secondary N) is 1. The van der Waals surface area contributed by atoms with Gasteiger partial charge in [-0.3, -0.25) is 14.6 Å². The molecule has 1 aromatic rings. The van der Waals surface area contributed by atoms with E-state index in [1.54, 1.807) is 0 Å². The van der Waals surface area contributed by atoms with Crippen molar-refractivity contribution in [2.24, 2.45) is 0 Å². The summed E-state index contributed by atoms with van der Waals surface area (Å²) in [6, 6.07) is 0. The SMILES string of the molecule is C=CCn1n[c][nH]c(=O)c1=O. The third-order valence-corrected chi connectivity index (χ3v) is 1.07. The molecule has 0 aliphatic rings. The second-order valence-electron chi connectivity index (χ2n) is 1.84. The summed E-state index contributed by atoms with van der Waals surface area (Å²) in [5.74, 6) is 0. The van der Waals surface area contributed by atoms with Gasteiger partial charge in [0.05, 0.1) is 6.54 Å². The normalized spacial score (nSPS) is 9.45. The lowest BCUT2D eigenvalue weighted by Gasteiger charge is -1.94. The summed E-state index contributed by atoms with van der Waals surface area (Å²) >= 11 is 0. The molecule has 1 rings (SSSR count). The van der Waals surface area contributed by atoms with Crippen molar-refractivity contribution in [2.75, 3.05) is 0 Å². The van der Waals surface area contributed by atoms with E-state index >= 15 is 0 Å². The maximum absolute atomic E-state index is 10.8. The van der Waals surface area contributed by atoms with Crippen LogP contribution < -0.4 is 11.1 Å². The van der Waals surface area contributed by atoms with E-state index in [-0.39, 0.29) is 6.54 Å². The zero-order chi connectivity index (χ0) is 8.27. The lowest BCUT2D eigenvalue weighted by Crippen LogP contribution is -2.37. The molecule has 1 N–H and O–H groups in total. The molecule has 5 heteroatoms. The molecule has 0 saturated heterocycles. The molecule has 0 saturated carbocycles. The Morgan fingerprint density at radius 2 is 2.45 bits per heavy atom. The zero-order valence-electron chi connectivity index (χ0n) is 5.70. The fourth-order valence-electron chi connectivity index (χ4n) is 0.598. The minimum atomic E-state index is -0.721. The first kappa shape index (κ1) is 7.46. The Hall–Kier alpha value is -1.65. The van der Waals surface area contributed by atoms with Crippen molar-refractivity contribution in [1.29, 1.82) is 0 Å². The van der Waals surface area contributed by atoms with Crippen LogP contribution in [0.25, 0.3) is 0 Å². The summed E-state index contributed by atoms with van der Waals surface area (Å²) in [5, 5.41) is 3.48. The first-order valence-electron chi connectivity index (χ1n) is 2.94. The Morgan fingerprint density at radius 1 is 1.73 bits per heavy atom. The van der Waals surface area contributed by atoms with Gasteiger partial charge in [0.15, 0.2) is 6.33 Å². The van der Waals surface area contributed by atoms with Crippen LogP contribution in [0.3, 0.4) is 0 Å². The van der Waals surface area contributed by atoms with Gasteiger partial charge in [0, 0.05) is 0 Å². The Morgan fingerprint density at radius 3 is 3.09 bits per heavy atom. The predicted octanol–water partition coefficient (Wildman–Crippen LogP) is -1.08. The zero-order valence-corrected chi connectivity index (χ0v) is 5.70. The maximum Gasteiger partial charge on any atom is 0.332 e. The standard InChI is InChI=1S/C6H6N3O2/c1-2-3-9-6(11)5(10)7-4-8-9/h2H,1,3H2,(H,7,8,10). The van der Waals surface area contributed by atoms with Crippen LogP contribution >= 0.6 is 0 Å². The molecule has 0 atom stereocenters. The number of aromatic nitrogens is 3. The first-order valence-corrected chi connectivity index (χ1v) is 2.94. The van der Waals surface area contributed by atoms with E-state index in [1.807, 2.05) is 4.98 Å². The maximum atomic E-state index is 10.8. The van der Waals surface area contributed by atoms with Crippen LogP contribution in [-0.2, 0) is 6.54 Å². The number of aromatic amines is 1. The molecular formula is C6H6N3O2. The van der Waals surface area contributed by atoms with E-state index in [1.165, 1.54) is 6.08 Å². The second-order valence-corrected chi connectivity index (χ2v) is 1.84. The van der Waals surface area contributed by atoms with E-state index in [9.17, 15) is 9.59 Å². The lowest BCUT2D eigenvalue weighted by molar-refractivity contribution is 0.624. The molecule has 1 radical (unpaired) electrons. The van der Waals surface area contributed by atoms with E-state index < -0.39 is 11.1 Å². The fourth-order valence-corrected chi connectivity index (χ4v) is 0.598. The Labute approximate surface area is 62.0 Å². The summed E-state index contributed by atoms with van der Waals surface area (Å²) in [7, 11) is 0. The smallest absolute Gasteiger partial charge is 0.298 e. The van der Waals surface area contributed by atoms with Gasteiger partial charge in [-0.2, -0.15) is 0 Å². The highest BCUT2D eigenvalue weighted by molar-refractivity contribution is 4.75. The van der Waals surface area contributed by atoms with Crippen LogP contribution in [0.1, 0.15) is 0 Å². The molecule has 1 aromatic heterocycles. The quantitative estimate of drug-likeness (QED) is 0.433. The number of hydrogen-bond donors (Lipinski definition) is 1. The molecule has 0 unspecified atom stereocenters. The number of nitrogens with zero attached hydrogens (tertiary/aromatic N) is 2. The van der Waals surface area contributed by atoms with E-state index in [0.717, 1.165) is 4.68 Å². The summed E-state index contributed by atoms with van der Waals surface area (Å²) in [6.07, 6.45) is 3.66. The van der Waals surface area contributed by atoms with Gasteiger partial charge < -0.3 is 0 Å². The molecule has 0 bridgehead atoms. The molecule has 1 heterocycles. The molecule has 0 fully saturated rings. The second kappa shape index (κ2) is 2.96. The van der Waals surface area contributed by atoms with Crippen molar-refractivity contribution in [3.05, 3.63) is 39.7 Å². The molecule has 0 aromatic carbocycles. The number of allylic oxidation sites excluding steroid dienone is 1. The van der Waals surface area contributed by atoms with Crippen LogP contribution in [0.2, 0.25) is 0 Å². The number of rotatable bonds is 2. The molecule has 0 aliphatic carbocycles. The molecular weight excluding hydrogens is 146 g/mol. The largest absolute Gasteiger partial charge is 0.332 e. The van der Waals surface area contributed by atoms with Crippen molar-refractivity contribution >= 4 is 0 Å². The minimum absolute atomic E-state index is 0.221. The van der Waals surface area contributed by atoms with Crippen LogP contribution in [0.5, 0.6) is 0 Å². The highest BCUT2D eigenvalue weighted by atomic mass is 16.2. The van der Waals surface area contributed by atoms with Gasteiger partial charge in [0.25, 0.3) is 0 Å². The van der Waals surface area contributed by atoms with Crippen LogP contribution in [0.15, 0.2) is 22.2 Å². The monoisotopic (exact) mass is 152 g/mol. The topological polar surface area (TPSA) is 67.8 Å². The molecule has 0 spiro atoms. The van der Waals surface area contributed by atoms with Gasteiger partial charge >= 0.3 is 11.1 Å². The molecule has 57 valence electrons. The van der Waals surface area contributed by atoms with Crippen molar-refractivity contribution in [3.63, 3.8) is 0 Å². The van der Waals surface area contributed by atoms with E-state index in [4.69, 9.17) is 0 Å². The Kier molecular flexibility index (Phi) is 2.00. The van der Waals surface area contributed by atoms with Gasteiger partial charge in [-0.1, -0.05) is 6.08 Å². The van der Waals surface area contributed by atoms with Crippen molar-refractivity contribution in [2.45, 2.75) is 6.54 Å². The van der Waals surface area contributed by atoms with Gasteiger partial charge in [0.2, 0.25) is 0 Å². The minimum Gasteiger partial charge on any atom is -0.298 e. The average Bonchev–Trinajstić information content (AvgIpc) is 1.99. The summed E-state index contributed by atoms with van der Waals surface area (Å²) in [5.41, 5.74) is -1.41. The summed E-state index contributed by atoms with van der Waals surface area (Å²) < 4.78 is 0.978. The molecule has 0 amide bonds. The van der Waals surface area contributed by atoms with E-state index in [2.05, 4.69) is 18.0 Å². The van der Waals surface area contributed by atoms with Crippen LogP contribution in [0.4, 0.5) is 0 Å². The third kappa shape index (κ3) is 1.43. The van der Waals surface area contributed by atoms with Gasteiger partial charge in [-0.15, -0.1) is 11.7 Å². The van der Waals surface area contributed by atoms with Gasteiger partial charge in [-0.25, -0.2) is 4.68 Å².